The standard InChI is InChI=1S/C37H52N6O9S/c1-22(2)15-16-37(3,4)36(52)43-27(18-24-13-9-6-10-14-24)33(48)41-26(17-23-11-7-5-8-12-23)32(47)39-20-25(38)31(46)40-28(19-30(44)45)34(49)42-29(21-53)35(50)51/h5-14,22,25-29,53H,15-21,38H2,1-4H3,(H,39,47)(H,40,46)(H,41,48)(H,42,49)(H,43,52)(H,44,45)(H,50,51)/t25-,26-,27-,28?,29?/m0/s1. The summed E-state index contributed by atoms with van der Waals surface area (Å²) in [4.78, 5) is 89.3. The maximum absolute atomic E-state index is 13.9. The molecule has 0 saturated heterocycles. The van der Waals surface area contributed by atoms with Gasteiger partial charge in [0.15, 0.2) is 0 Å². The van der Waals surface area contributed by atoms with Crippen LogP contribution in [-0.4, -0.2) is 94.2 Å². The van der Waals surface area contributed by atoms with Gasteiger partial charge < -0.3 is 42.5 Å². The van der Waals surface area contributed by atoms with E-state index in [1.807, 2.05) is 44.2 Å². The molecule has 15 nitrogen and oxygen atoms in total. The number of carboxylic acids is 2. The number of nitrogens with one attached hydrogen (secondary N) is 5. The lowest BCUT2D eigenvalue weighted by atomic mass is 9.84. The van der Waals surface area contributed by atoms with E-state index in [9.17, 15) is 43.8 Å². The van der Waals surface area contributed by atoms with E-state index in [0.717, 1.165) is 12.0 Å². The summed E-state index contributed by atoms with van der Waals surface area (Å²) in [5.74, 6) is -6.49. The summed E-state index contributed by atoms with van der Waals surface area (Å²) in [6.07, 6.45) is 0.724. The molecule has 0 heterocycles. The van der Waals surface area contributed by atoms with E-state index >= 15 is 0 Å². The highest BCUT2D eigenvalue weighted by Gasteiger charge is 2.34. The molecule has 0 saturated carbocycles. The van der Waals surface area contributed by atoms with Crippen LogP contribution in [0.3, 0.4) is 0 Å². The van der Waals surface area contributed by atoms with Crippen LogP contribution in [0.15, 0.2) is 60.7 Å². The number of aliphatic carboxylic acids is 2. The van der Waals surface area contributed by atoms with E-state index in [-0.39, 0.29) is 24.5 Å². The molecule has 2 rings (SSSR count). The van der Waals surface area contributed by atoms with Gasteiger partial charge in [-0.25, -0.2) is 4.79 Å². The van der Waals surface area contributed by atoms with Crippen molar-refractivity contribution in [2.45, 2.75) is 90.0 Å². The molecule has 0 radical (unpaired) electrons. The van der Waals surface area contributed by atoms with E-state index in [1.54, 1.807) is 30.3 Å². The van der Waals surface area contributed by atoms with E-state index in [4.69, 9.17) is 5.73 Å². The second-order valence-electron chi connectivity index (χ2n) is 13.9. The van der Waals surface area contributed by atoms with Gasteiger partial charge in [0.2, 0.25) is 29.5 Å². The summed E-state index contributed by atoms with van der Waals surface area (Å²) in [7, 11) is 0. The first-order valence-corrected chi connectivity index (χ1v) is 17.9. The normalized spacial score (nSPS) is 14.1. The van der Waals surface area contributed by atoms with Gasteiger partial charge in [0.05, 0.1) is 6.42 Å². The first kappa shape index (κ1) is 44.2. The van der Waals surface area contributed by atoms with Crippen LogP contribution in [0.1, 0.15) is 58.1 Å². The van der Waals surface area contributed by atoms with Gasteiger partial charge in [-0.2, -0.15) is 12.6 Å². The molecule has 0 aliphatic rings. The Balaban J connectivity index is 2.24. The average molecular weight is 757 g/mol. The van der Waals surface area contributed by atoms with Gasteiger partial charge in [-0.3, -0.25) is 28.8 Å². The van der Waals surface area contributed by atoms with Crippen molar-refractivity contribution in [3.8, 4) is 0 Å². The number of thiol groups is 1. The Morgan fingerprint density at radius 3 is 1.64 bits per heavy atom. The van der Waals surface area contributed by atoms with Crippen molar-refractivity contribution in [1.29, 1.82) is 0 Å². The van der Waals surface area contributed by atoms with Crippen LogP contribution in [0.25, 0.3) is 0 Å². The van der Waals surface area contributed by atoms with Crippen molar-refractivity contribution < 1.29 is 43.8 Å². The summed E-state index contributed by atoms with van der Waals surface area (Å²) in [5, 5.41) is 31.0. The minimum Gasteiger partial charge on any atom is -0.481 e. The topological polar surface area (TPSA) is 246 Å². The van der Waals surface area contributed by atoms with Crippen molar-refractivity contribution >= 4 is 54.1 Å². The minimum absolute atomic E-state index is 0.0441. The molecule has 5 atom stereocenters. The Morgan fingerprint density at radius 2 is 1.17 bits per heavy atom. The highest BCUT2D eigenvalue weighted by Crippen LogP contribution is 2.25. The fourth-order valence-corrected chi connectivity index (χ4v) is 5.30. The zero-order valence-corrected chi connectivity index (χ0v) is 31.4. The molecular formula is C37H52N6O9S. The third-order valence-electron chi connectivity index (χ3n) is 8.42. The van der Waals surface area contributed by atoms with Gasteiger partial charge in [0.25, 0.3) is 0 Å². The van der Waals surface area contributed by atoms with Gasteiger partial charge in [-0.1, -0.05) is 88.4 Å². The van der Waals surface area contributed by atoms with Crippen molar-refractivity contribution in [3.63, 3.8) is 0 Å². The predicted molar refractivity (Wildman–Crippen MR) is 201 cm³/mol. The summed E-state index contributed by atoms with van der Waals surface area (Å²) >= 11 is 3.85. The van der Waals surface area contributed by atoms with E-state index in [2.05, 4.69) is 53.1 Å². The summed E-state index contributed by atoms with van der Waals surface area (Å²) < 4.78 is 0. The number of hydrogen-bond acceptors (Lipinski definition) is 9. The number of rotatable bonds is 22. The molecule has 53 heavy (non-hydrogen) atoms. The van der Waals surface area contributed by atoms with E-state index < -0.39 is 84.2 Å². The molecule has 2 aromatic rings. The van der Waals surface area contributed by atoms with Crippen molar-refractivity contribution in [2.75, 3.05) is 12.3 Å². The van der Waals surface area contributed by atoms with Gasteiger partial charge in [0, 0.05) is 30.6 Å². The van der Waals surface area contributed by atoms with Gasteiger partial charge >= 0.3 is 11.9 Å². The molecule has 2 unspecified atom stereocenters. The first-order valence-electron chi connectivity index (χ1n) is 17.3. The lowest BCUT2D eigenvalue weighted by Gasteiger charge is -2.29. The Hall–Kier alpha value is -4.96. The van der Waals surface area contributed by atoms with Gasteiger partial charge in [-0.15, -0.1) is 0 Å². The van der Waals surface area contributed by atoms with Gasteiger partial charge in [-0.05, 0) is 29.9 Å². The number of nitrogens with two attached hydrogens (primary N) is 1. The van der Waals surface area contributed by atoms with Crippen molar-refractivity contribution in [2.24, 2.45) is 17.1 Å². The van der Waals surface area contributed by atoms with E-state index in [0.29, 0.717) is 17.9 Å². The summed E-state index contributed by atoms with van der Waals surface area (Å²) in [5.41, 5.74) is 6.72. The molecule has 0 fully saturated rings. The fourth-order valence-electron chi connectivity index (χ4n) is 5.05. The molecule has 290 valence electrons. The molecule has 2 aromatic carbocycles. The average Bonchev–Trinajstić information content (AvgIpc) is 3.11. The van der Waals surface area contributed by atoms with Crippen LogP contribution in [-0.2, 0) is 46.4 Å². The maximum Gasteiger partial charge on any atom is 0.327 e. The second-order valence-corrected chi connectivity index (χ2v) is 14.2. The molecule has 16 heteroatoms. The van der Waals surface area contributed by atoms with Crippen molar-refractivity contribution in [1.82, 2.24) is 26.6 Å². The van der Waals surface area contributed by atoms with Crippen LogP contribution in [0.5, 0.6) is 0 Å². The lowest BCUT2D eigenvalue weighted by Crippen LogP contribution is -2.59. The zero-order chi connectivity index (χ0) is 39.7. The number of amides is 5. The Labute approximate surface area is 315 Å². The third kappa shape index (κ3) is 15.7. The highest BCUT2D eigenvalue weighted by atomic mass is 32.1. The number of hydrogen-bond donors (Lipinski definition) is 9. The quantitative estimate of drug-likeness (QED) is 0.0766. The Morgan fingerprint density at radius 1 is 0.698 bits per heavy atom. The van der Waals surface area contributed by atoms with Crippen LogP contribution < -0.4 is 32.3 Å². The van der Waals surface area contributed by atoms with Crippen LogP contribution in [0, 0.1) is 11.3 Å². The second kappa shape index (κ2) is 21.5. The Bertz CT molecular complexity index is 1560. The lowest BCUT2D eigenvalue weighted by molar-refractivity contribution is -0.143. The predicted octanol–water partition coefficient (Wildman–Crippen LogP) is 0.806. The largest absolute Gasteiger partial charge is 0.481 e. The minimum atomic E-state index is -1.68. The fraction of sp³-hybridized carbons (Fsp3) is 0.486. The zero-order valence-electron chi connectivity index (χ0n) is 30.5. The van der Waals surface area contributed by atoms with Crippen LogP contribution in [0.2, 0.25) is 0 Å². The molecule has 0 spiro atoms. The monoisotopic (exact) mass is 756 g/mol. The molecule has 0 aromatic heterocycles. The molecule has 0 bridgehead atoms. The van der Waals surface area contributed by atoms with Crippen molar-refractivity contribution in [3.05, 3.63) is 71.8 Å². The Kier molecular flexibility index (Phi) is 18.0. The maximum atomic E-state index is 13.9. The highest BCUT2D eigenvalue weighted by molar-refractivity contribution is 7.80. The number of carbonyl (C=O) groups is 7. The smallest absolute Gasteiger partial charge is 0.327 e. The molecule has 5 amide bonds. The summed E-state index contributed by atoms with van der Waals surface area (Å²) in [6.45, 7) is 7.29. The molecule has 0 aliphatic carbocycles. The molecule has 0 aliphatic heterocycles. The third-order valence-corrected chi connectivity index (χ3v) is 8.79. The molecule has 9 N–H and O–H groups in total. The van der Waals surface area contributed by atoms with Crippen LogP contribution >= 0.6 is 12.6 Å². The number of benzene rings is 2. The first-order chi connectivity index (χ1) is 24.9. The van der Waals surface area contributed by atoms with Crippen LogP contribution in [0.4, 0.5) is 0 Å². The number of carboxylic acid groups (broad SMARTS) is 2. The SMILES string of the molecule is CC(C)CCC(C)(C)C(=O)N[C@@H](Cc1ccccc1)C(=O)N[C@@H](Cc1ccccc1)C(=O)NC[C@H](N)C(=O)NC(CC(=O)O)C(=O)NC(CS)C(=O)O. The molecular weight excluding hydrogens is 705 g/mol. The number of carbonyl (C=O) groups excluding carboxylic acids is 5. The summed E-state index contributed by atoms with van der Waals surface area (Å²) in [6, 6.07) is 11.2. The van der Waals surface area contributed by atoms with Gasteiger partial charge in [0.1, 0.15) is 30.2 Å². The van der Waals surface area contributed by atoms with E-state index in [1.165, 1.54) is 0 Å².